The lowest BCUT2D eigenvalue weighted by Crippen LogP contribution is -2.50. The predicted molar refractivity (Wildman–Crippen MR) is 124 cm³/mol. The van der Waals surface area contributed by atoms with Crippen molar-refractivity contribution in [1.82, 2.24) is 10.2 Å². The summed E-state index contributed by atoms with van der Waals surface area (Å²) < 4.78 is 23.9. The van der Waals surface area contributed by atoms with Crippen molar-refractivity contribution < 1.29 is 28.4 Å². The summed E-state index contributed by atoms with van der Waals surface area (Å²) in [6.07, 6.45) is 0.363. The van der Waals surface area contributed by atoms with Gasteiger partial charge in [-0.25, -0.2) is 4.39 Å². The number of benzene rings is 2. The fraction of sp³-hybridized carbons (Fsp3) is 0.417. The zero-order valence-corrected chi connectivity index (χ0v) is 19.7. The third-order valence-electron chi connectivity index (χ3n) is 5.05. The number of rotatable bonds is 12. The highest BCUT2D eigenvalue weighted by molar-refractivity contribution is 5.88. The molecule has 2 aromatic carbocycles. The van der Waals surface area contributed by atoms with Crippen LogP contribution >= 0.6 is 0 Å². The smallest absolute Gasteiger partial charge is 0.311 e. The van der Waals surface area contributed by atoms with Gasteiger partial charge in [0.2, 0.25) is 11.7 Å². The normalized spacial score (nSPS) is 11.6. The number of hydrogen-bond acceptors (Lipinski definition) is 6. The minimum atomic E-state index is -0.758. The van der Waals surface area contributed by atoms with Crippen molar-refractivity contribution in [1.29, 1.82) is 0 Å². The van der Waals surface area contributed by atoms with Gasteiger partial charge >= 0.3 is 5.69 Å². The maximum atomic E-state index is 13.3. The Bertz CT molecular complexity index is 997. The number of ether oxygens (including phenoxy) is 2. The molecule has 2 rings (SSSR count). The van der Waals surface area contributed by atoms with E-state index in [4.69, 9.17) is 9.47 Å². The molecule has 0 spiro atoms. The van der Waals surface area contributed by atoms with Crippen LogP contribution in [0.1, 0.15) is 32.8 Å². The molecule has 10 heteroatoms. The fourth-order valence-electron chi connectivity index (χ4n) is 3.26. The lowest BCUT2D eigenvalue weighted by molar-refractivity contribution is -0.385. The third-order valence-corrected chi connectivity index (χ3v) is 5.05. The van der Waals surface area contributed by atoms with Gasteiger partial charge < -0.3 is 19.7 Å². The van der Waals surface area contributed by atoms with Gasteiger partial charge in [-0.05, 0) is 36.1 Å². The third kappa shape index (κ3) is 7.43. The van der Waals surface area contributed by atoms with Crippen LogP contribution < -0.4 is 14.8 Å². The topological polar surface area (TPSA) is 111 Å². The number of hydrogen-bond donors (Lipinski definition) is 1. The monoisotopic (exact) mass is 475 g/mol. The standard InChI is InChI=1S/C24H30FN3O6/c1-5-20(24(30)26-13-16(2)3)27(14-17-6-8-18(25)9-7-17)23(29)15-34-19-10-11-21(28(31)32)22(12-19)33-4/h6-12,16,20H,5,13-15H2,1-4H3,(H,26,30)/t20-/m0/s1. The molecule has 0 bridgehead atoms. The van der Waals surface area contributed by atoms with Crippen LogP contribution in [-0.4, -0.2) is 47.9 Å². The van der Waals surface area contributed by atoms with Crippen LogP contribution in [0.5, 0.6) is 11.5 Å². The molecule has 0 heterocycles. The first kappa shape index (κ1) is 26.6. The molecule has 9 nitrogen and oxygen atoms in total. The molecular formula is C24H30FN3O6. The van der Waals surface area contributed by atoms with E-state index >= 15 is 0 Å². The fourth-order valence-corrected chi connectivity index (χ4v) is 3.26. The van der Waals surface area contributed by atoms with Crippen LogP contribution in [0.25, 0.3) is 0 Å². The molecule has 0 radical (unpaired) electrons. The van der Waals surface area contributed by atoms with Crippen molar-refractivity contribution in [2.75, 3.05) is 20.3 Å². The highest BCUT2D eigenvalue weighted by Gasteiger charge is 2.29. The second-order valence-electron chi connectivity index (χ2n) is 8.09. The van der Waals surface area contributed by atoms with E-state index in [0.717, 1.165) is 0 Å². The second-order valence-corrected chi connectivity index (χ2v) is 8.09. The Morgan fingerprint density at radius 2 is 1.85 bits per heavy atom. The van der Waals surface area contributed by atoms with E-state index in [0.29, 0.717) is 18.5 Å². The molecule has 0 aliphatic heterocycles. The molecule has 1 atom stereocenters. The number of nitro benzene ring substituents is 1. The minimum absolute atomic E-state index is 0.00221. The van der Waals surface area contributed by atoms with Gasteiger partial charge in [-0.1, -0.05) is 32.9 Å². The molecule has 1 N–H and O–H groups in total. The summed E-state index contributed by atoms with van der Waals surface area (Å²) >= 11 is 0. The number of nitrogens with zero attached hydrogens (tertiary/aromatic N) is 2. The van der Waals surface area contributed by atoms with Gasteiger partial charge in [-0.15, -0.1) is 0 Å². The van der Waals surface area contributed by atoms with E-state index in [1.54, 1.807) is 19.1 Å². The lowest BCUT2D eigenvalue weighted by atomic mass is 10.1. The Balaban J connectivity index is 2.22. The molecule has 0 fully saturated rings. The van der Waals surface area contributed by atoms with Gasteiger partial charge in [0.25, 0.3) is 5.91 Å². The molecule has 184 valence electrons. The van der Waals surface area contributed by atoms with E-state index in [2.05, 4.69) is 5.32 Å². The first-order valence-electron chi connectivity index (χ1n) is 10.9. The van der Waals surface area contributed by atoms with E-state index < -0.39 is 29.3 Å². The number of carbonyl (C=O) groups is 2. The minimum Gasteiger partial charge on any atom is -0.490 e. The highest BCUT2D eigenvalue weighted by Crippen LogP contribution is 2.30. The van der Waals surface area contributed by atoms with Gasteiger partial charge in [0.1, 0.15) is 17.6 Å². The largest absolute Gasteiger partial charge is 0.490 e. The average molecular weight is 476 g/mol. The van der Waals surface area contributed by atoms with Crippen LogP contribution in [0.3, 0.4) is 0 Å². The molecule has 0 saturated carbocycles. The Labute approximate surface area is 198 Å². The van der Waals surface area contributed by atoms with Crippen LogP contribution in [0.2, 0.25) is 0 Å². The number of amides is 2. The number of halogens is 1. The summed E-state index contributed by atoms with van der Waals surface area (Å²) in [6.45, 7) is 5.87. The van der Waals surface area contributed by atoms with Crippen molar-refractivity contribution in [3.63, 3.8) is 0 Å². The Hall–Kier alpha value is -3.69. The molecule has 0 unspecified atom stereocenters. The molecule has 34 heavy (non-hydrogen) atoms. The zero-order chi connectivity index (χ0) is 25.3. The van der Waals surface area contributed by atoms with E-state index in [-0.39, 0.29) is 35.6 Å². The SMILES string of the molecule is CC[C@@H](C(=O)NCC(C)C)N(Cc1ccc(F)cc1)C(=O)COc1ccc([N+](=O)[O-])c(OC)c1. The summed E-state index contributed by atoms with van der Waals surface area (Å²) in [4.78, 5) is 37.9. The van der Waals surface area contributed by atoms with Gasteiger partial charge in [0.05, 0.1) is 12.0 Å². The highest BCUT2D eigenvalue weighted by atomic mass is 19.1. The molecule has 2 aromatic rings. The summed E-state index contributed by atoms with van der Waals surface area (Å²) in [5.74, 6) is -0.716. The lowest BCUT2D eigenvalue weighted by Gasteiger charge is -2.30. The van der Waals surface area contributed by atoms with Gasteiger partial charge in [-0.2, -0.15) is 0 Å². The van der Waals surface area contributed by atoms with E-state index in [9.17, 15) is 24.1 Å². The molecule has 2 amide bonds. The summed E-state index contributed by atoms with van der Waals surface area (Å²) in [6, 6.07) is 8.84. The number of nitro groups is 1. The van der Waals surface area contributed by atoms with Crippen molar-refractivity contribution in [3.8, 4) is 11.5 Å². The molecule has 0 aliphatic rings. The summed E-state index contributed by atoms with van der Waals surface area (Å²) in [5, 5.41) is 13.9. The molecular weight excluding hydrogens is 445 g/mol. The number of carbonyl (C=O) groups excluding carboxylic acids is 2. The van der Waals surface area contributed by atoms with Gasteiger partial charge in [0.15, 0.2) is 6.61 Å². The van der Waals surface area contributed by atoms with E-state index in [1.165, 1.54) is 42.3 Å². The Morgan fingerprint density at radius 3 is 2.41 bits per heavy atom. The molecule has 0 saturated heterocycles. The molecule has 0 aromatic heterocycles. The van der Waals surface area contributed by atoms with Gasteiger partial charge in [-0.3, -0.25) is 19.7 Å². The van der Waals surface area contributed by atoms with Gasteiger partial charge in [0, 0.05) is 25.2 Å². The number of methoxy groups -OCH3 is 1. The van der Waals surface area contributed by atoms with Crippen LogP contribution in [0, 0.1) is 21.8 Å². The van der Waals surface area contributed by atoms with Crippen LogP contribution in [0.4, 0.5) is 10.1 Å². The maximum Gasteiger partial charge on any atom is 0.311 e. The summed E-state index contributed by atoms with van der Waals surface area (Å²) in [5.41, 5.74) is 0.425. The van der Waals surface area contributed by atoms with Crippen molar-refractivity contribution >= 4 is 17.5 Å². The first-order valence-corrected chi connectivity index (χ1v) is 10.9. The summed E-state index contributed by atoms with van der Waals surface area (Å²) in [7, 11) is 1.29. The zero-order valence-electron chi connectivity index (χ0n) is 19.7. The average Bonchev–Trinajstić information content (AvgIpc) is 2.81. The second kappa shape index (κ2) is 12.5. The first-order chi connectivity index (χ1) is 16.2. The van der Waals surface area contributed by atoms with E-state index in [1.807, 2.05) is 13.8 Å². The molecule has 0 aliphatic carbocycles. The quantitative estimate of drug-likeness (QED) is 0.370. The van der Waals surface area contributed by atoms with Crippen molar-refractivity contribution in [2.45, 2.75) is 39.8 Å². The van der Waals surface area contributed by atoms with Crippen LogP contribution in [-0.2, 0) is 16.1 Å². The Kier molecular flexibility index (Phi) is 9.78. The predicted octanol–water partition coefficient (Wildman–Crippen LogP) is 3.70. The van der Waals surface area contributed by atoms with Crippen molar-refractivity contribution in [2.24, 2.45) is 5.92 Å². The Morgan fingerprint density at radius 1 is 1.18 bits per heavy atom. The maximum absolute atomic E-state index is 13.3. The van der Waals surface area contributed by atoms with Crippen molar-refractivity contribution in [3.05, 3.63) is 64.0 Å². The number of nitrogens with one attached hydrogen (secondary N) is 1. The van der Waals surface area contributed by atoms with Crippen LogP contribution in [0.15, 0.2) is 42.5 Å².